The first-order valence-corrected chi connectivity index (χ1v) is 18.8. The maximum atomic E-state index is 12.5. The van der Waals surface area contributed by atoms with Gasteiger partial charge < -0.3 is 44.0 Å². The molecule has 1 unspecified atom stereocenters. The van der Waals surface area contributed by atoms with Gasteiger partial charge in [-0.1, -0.05) is 76.9 Å². The molecule has 1 aliphatic heterocycles. The van der Waals surface area contributed by atoms with Crippen molar-refractivity contribution in [3.63, 3.8) is 0 Å². The second kappa shape index (κ2) is 19.7. The lowest BCUT2D eigenvalue weighted by atomic mass is 10.1. The molecular formula is C29H50N6O11P2. The van der Waals surface area contributed by atoms with Crippen LogP contribution in [0.5, 0.6) is 0 Å². The number of ether oxygens (including phenoxy) is 1. The number of rotatable bonds is 14. The van der Waals surface area contributed by atoms with Gasteiger partial charge in [0.05, 0.1) is 13.2 Å². The summed E-state index contributed by atoms with van der Waals surface area (Å²) in [6.45, 7) is 19.6. The first kappa shape index (κ1) is 41.8. The summed E-state index contributed by atoms with van der Waals surface area (Å²) >= 11 is 0. The maximum Gasteiger partial charge on any atom is 0.476 e. The van der Waals surface area contributed by atoms with Crippen molar-refractivity contribution in [2.24, 2.45) is 0 Å². The van der Waals surface area contributed by atoms with E-state index in [1.807, 2.05) is 30.3 Å². The van der Waals surface area contributed by atoms with E-state index >= 15 is 0 Å². The minimum absolute atomic E-state index is 0.122. The molecule has 1 fully saturated rings. The number of fused-ring (bicyclic) bond motifs is 1. The smallest absolute Gasteiger partial charge is 0.476 e. The number of benzene rings is 1. The number of hydrogen-bond donors (Lipinski definition) is 5. The van der Waals surface area contributed by atoms with Crippen LogP contribution in [0.3, 0.4) is 0 Å². The Hall–Kier alpha value is -2.37. The lowest BCUT2D eigenvalue weighted by Gasteiger charge is -2.24. The second-order valence-corrected chi connectivity index (χ2v) is 13.4. The van der Waals surface area contributed by atoms with Gasteiger partial charge in [-0.2, -0.15) is 0 Å². The molecule has 17 nitrogen and oxygen atoms in total. The van der Waals surface area contributed by atoms with Gasteiger partial charge in [0, 0.05) is 0 Å². The highest BCUT2D eigenvalue weighted by atomic mass is 31.3. The fraction of sp³-hybridized carbons (Fsp3) is 0.621. The van der Waals surface area contributed by atoms with Crippen LogP contribution in [0.15, 0.2) is 47.8 Å². The van der Waals surface area contributed by atoms with Crippen LogP contribution >= 0.6 is 15.6 Å². The summed E-state index contributed by atoms with van der Waals surface area (Å²) in [5.41, 5.74) is 0.687. The maximum absolute atomic E-state index is 12.5. The lowest BCUT2D eigenvalue weighted by molar-refractivity contribution is -0.746. The van der Waals surface area contributed by atoms with Gasteiger partial charge in [-0.05, 0) is 44.8 Å². The van der Waals surface area contributed by atoms with Gasteiger partial charge in [0.25, 0.3) is 13.4 Å². The number of hydrogen-bond acceptors (Lipinski definition) is 12. The Labute approximate surface area is 280 Å². The Morgan fingerprint density at radius 3 is 1.98 bits per heavy atom. The molecule has 0 radical (unpaired) electrons. The molecule has 0 bridgehead atoms. The van der Waals surface area contributed by atoms with E-state index in [4.69, 9.17) is 14.5 Å². The number of aliphatic hydroxyl groups excluding tert-OH is 2. The second-order valence-electron chi connectivity index (χ2n) is 10.6. The third-order valence-corrected chi connectivity index (χ3v) is 9.81. The molecular weight excluding hydrogens is 670 g/mol. The van der Waals surface area contributed by atoms with Gasteiger partial charge in [0.2, 0.25) is 11.7 Å². The molecule has 1 aromatic carbocycles. The normalized spacial score (nSPS) is 20.7. The van der Waals surface area contributed by atoms with Crippen molar-refractivity contribution in [1.82, 2.24) is 24.3 Å². The van der Waals surface area contributed by atoms with Gasteiger partial charge in [0.15, 0.2) is 12.7 Å². The number of imidazole rings is 1. The minimum Gasteiger partial charge on any atom is -0.756 e. The number of phosphoric acid groups is 2. The number of nitrogens with zero attached hydrogens (tertiary/aromatic N) is 5. The minimum atomic E-state index is -5.44. The van der Waals surface area contributed by atoms with Crippen LogP contribution in [0.2, 0.25) is 0 Å². The molecule has 0 amide bonds. The quantitative estimate of drug-likeness (QED) is 0.116. The fourth-order valence-electron chi connectivity index (χ4n) is 4.94. The molecule has 1 saturated heterocycles. The average Bonchev–Trinajstić information content (AvgIpc) is 3.54. The largest absolute Gasteiger partial charge is 0.756 e. The SMILES string of the molecule is CCN(CC)CC.CCN(CC)CC.O=c1[nH]cnc2c1n(Cc1ccccc1)c[n+]2[C@@H]1O[C@H](COP(=O)([O-])OP(=O)(O)O)[C@@H](O)[C@H]1O. The third kappa shape index (κ3) is 12.5. The summed E-state index contributed by atoms with van der Waals surface area (Å²) in [7, 11) is -10.8. The van der Waals surface area contributed by atoms with Crippen molar-refractivity contribution in [2.45, 2.75) is 72.6 Å². The number of aliphatic hydroxyl groups is 2. The zero-order chi connectivity index (χ0) is 36.1. The molecule has 272 valence electrons. The van der Waals surface area contributed by atoms with E-state index in [1.165, 1.54) is 50.2 Å². The molecule has 3 aromatic rings. The number of nitrogens with one attached hydrogen (secondary N) is 1. The molecule has 4 rings (SSSR count). The lowest BCUT2D eigenvalue weighted by Crippen LogP contribution is -2.46. The Morgan fingerprint density at radius 2 is 1.50 bits per heavy atom. The highest BCUT2D eigenvalue weighted by molar-refractivity contribution is 7.60. The van der Waals surface area contributed by atoms with Crippen LogP contribution in [0.25, 0.3) is 11.2 Å². The summed E-state index contributed by atoms with van der Waals surface area (Å²) in [6.07, 6.45) is -3.36. The monoisotopic (exact) mass is 720 g/mol. The summed E-state index contributed by atoms with van der Waals surface area (Å²) in [5.74, 6) is 0. The van der Waals surface area contributed by atoms with E-state index in [0.29, 0.717) is 0 Å². The zero-order valence-electron chi connectivity index (χ0n) is 28.3. The predicted octanol–water partition coefficient (Wildman–Crippen LogP) is 0.970. The summed E-state index contributed by atoms with van der Waals surface area (Å²) in [4.78, 5) is 52.7. The van der Waals surface area contributed by atoms with Gasteiger partial charge in [-0.25, -0.2) is 13.4 Å². The van der Waals surface area contributed by atoms with Crippen molar-refractivity contribution in [3.8, 4) is 0 Å². The topological polar surface area (TPSA) is 227 Å². The number of phosphoric ester groups is 1. The average molecular weight is 721 g/mol. The molecule has 2 aromatic heterocycles. The molecule has 0 spiro atoms. The molecule has 0 saturated carbocycles. The Morgan fingerprint density at radius 1 is 0.958 bits per heavy atom. The molecule has 19 heteroatoms. The molecule has 48 heavy (non-hydrogen) atoms. The van der Waals surface area contributed by atoms with Crippen molar-refractivity contribution >= 4 is 26.8 Å². The number of aromatic amines is 1. The van der Waals surface area contributed by atoms with Gasteiger partial charge in [0.1, 0.15) is 18.3 Å². The van der Waals surface area contributed by atoms with Crippen LogP contribution in [0.4, 0.5) is 0 Å². The van der Waals surface area contributed by atoms with Gasteiger partial charge in [-0.3, -0.25) is 18.9 Å². The van der Waals surface area contributed by atoms with E-state index < -0.39 is 52.4 Å². The standard InChI is InChI=1S/C17H20N4O11P2.2C6H15N/c22-13-11(7-30-34(28,29)32-33(25,26)27)31-17(14(13)23)21-9-20(6-10-4-2-1-3-5-10)12-15(21)18-8-19-16(12)24;2*1-4-7(5-2)6-3/h1-5,8-9,11,13-14,17,22-23H,6-7H2,(H3-,18,19,24,25,26,27,28,29);2*4-6H2,1-3H3/t11-,13-,14-,17-;;/m1../s1. The Bertz CT molecular complexity index is 1510. The van der Waals surface area contributed by atoms with Gasteiger partial charge >= 0.3 is 13.5 Å². The van der Waals surface area contributed by atoms with Crippen molar-refractivity contribution in [1.29, 1.82) is 0 Å². The van der Waals surface area contributed by atoms with Crippen LogP contribution in [0, 0.1) is 0 Å². The highest BCUT2D eigenvalue weighted by Crippen LogP contribution is 2.55. The molecule has 5 atom stereocenters. The van der Waals surface area contributed by atoms with E-state index in [9.17, 15) is 29.0 Å². The molecule has 1 aliphatic rings. The van der Waals surface area contributed by atoms with Crippen molar-refractivity contribution in [2.75, 3.05) is 45.9 Å². The Kier molecular flexibility index (Phi) is 17.2. The van der Waals surface area contributed by atoms with Crippen molar-refractivity contribution < 1.29 is 52.2 Å². The van der Waals surface area contributed by atoms with E-state index in [-0.39, 0.29) is 17.7 Å². The van der Waals surface area contributed by atoms with Crippen LogP contribution in [-0.4, -0.2) is 109 Å². The third-order valence-electron chi connectivity index (χ3n) is 7.70. The van der Waals surface area contributed by atoms with Crippen LogP contribution in [0.1, 0.15) is 53.3 Å². The van der Waals surface area contributed by atoms with E-state index in [0.717, 1.165) is 11.9 Å². The number of H-pyrrole nitrogens is 1. The first-order valence-electron chi connectivity index (χ1n) is 15.8. The van der Waals surface area contributed by atoms with E-state index in [2.05, 4.69) is 70.1 Å². The van der Waals surface area contributed by atoms with Crippen LogP contribution in [-0.2, 0) is 29.2 Å². The summed E-state index contributed by atoms with van der Waals surface area (Å²) in [5, 5.41) is 20.9. The number of aromatic nitrogens is 4. The van der Waals surface area contributed by atoms with Gasteiger partial charge in [-0.15, -0.1) is 0 Å². The molecule has 5 N–H and O–H groups in total. The van der Waals surface area contributed by atoms with Crippen LogP contribution < -0.4 is 15.0 Å². The molecule has 3 heterocycles. The summed E-state index contributed by atoms with van der Waals surface area (Å²) < 4.78 is 38.7. The van der Waals surface area contributed by atoms with Crippen molar-refractivity contribution in [3.05, 3.63) is 58.9 Å². The van der Waals surface area contributed by atoms with E-state index in [1.54, 1.807) is 4.57 Å². The summed E-state index contributed by atoms with van der Waals surface area (Å²) in [6, 6.07) is 9.18. The Balaban J connectivity index is 0.000000479. The molecule has 0 aliphatic carbocycles. The first-order chi connectivity index (χ1) is 22.6. The fourth-order valence-corrected chi connectivity index (χ4v) is 6.50. The zero-order valence-corrected chi connectivity index (χ0v) is 30.1. The predicted molar refractivity (Wildman–Crippen MR) is 176 cm³/mol. The highest BCUT2D eigenvalue weighted by Gasteiger charge is 2.47.